The largest absolute Gasteiger partial charge is 0.460 e. The Morgan fingerprint density at radius 1 is 0.710 bits per heavy atom. The van der Waals surface area contributed by atoms with Gasteiger partial charge in [-0.05, 0) is 0 Å². The summed E-state index contributed by atoms with van der Waals surface area (Å²) >= 11 is 0. The lowest BCUT2D eigenvalue weighted by molar-refractivity contribution is -0.219. The van der Waals surface area contributed by atoms with Gasteiger partial charge in [0.25, 0.3) is 5.79 Å². The highest BCUT2D eigenvalue weighted by Crippen LogP contribution is 2.32. The van der Waals surface area contributed by atoms with Crippen LogP contribution in [0.1, 0.15) is 15.9 Å². The van der Waals surface area contributed by atoms with Gasteiger partial charge in [0.15, 0.2) is 0 Å². The van der Waals surface area contributed by atoms with Crippen molar-refractivity contribution >= 4 is 17.7 Å². The number of carbonyl (C=O) groups is 3. The molecule has 2 rings (SSSR count). The Morgan fingerprint density at radius 3 is 1.61 bits per heavy atom. The highest BCUT2D eigenvalue weighted by Gasteiger charge is 2.43. The number of benzene rings is 2. The second-order valence-electron chi connectivity index (χ2n) is 6.12. The van der Waals surface area contributed by atoms with Crippen molar-refractivity contribution < 1.29 is 33.3 Å². The van der Waals surface area contributed by atoms with Gasteiger partial charge in [-0.15, -0.1) is 0 Å². The minimum Gasteiger partial charge on any atom is -0.460 e. The highest BCUT2D eigenvalue weighted by atomic mass is 16.7. The van der Waals surface area contributed by atoms with Gasteiger partial charge in [0.05, 0.1) is 13.2 Å². The minimum atomic E-state index is -1.84. The van der Waals surface area contributed by atoms with E-state index in [0.29, 0.717) is 11.1 Å². The normalized spacial score (nSPS) is 10.7. The lowest BCUT2D eigenvalue weighted by Crippen LogP contribution is -2.43. The molecule has 7 heteroatoms. The van der Waals surface area contributed by atoms with Gasteiger partial charge in [0.2, 0.25) is 5.78 Å². The SMILES string of the molecule is C=CC(=O)OCCOC(OCCOC(=O)C=C)(C(=O)c1ccccc1)c1ccccc1. The Hall–Kier alpha value is -3.55. The maximum Gasteiger partial charge on any atom is 0.330 e. The maximum absolute atomic E-state index is 13.5. The number of hydrogen-bond donors (Lipinski definition) is 0. The molecule has 7 nitrogen and oxygen atoms in total. The molecular weight excluding hydrogens is 400 g/mol. The third-order valence-electron chi connectivity index (χ3n) is 4.09. The molecular formula is C24H24O7. The second-order valence-corrected chi connectivity index (χ2v) is 6.12. The van der Waals surface area contributed by atoms with E-state index in [-0.39, 0.29) is 26.4 Å². The number of hydrogen-bond acceptors (Lipinski definition) is 7. The predicted molar refractivity (Wildman–Crippen MR) is 113 cm³/mol. The molecule has 0 atom stereocenters. The van der Waals surface area contributed by atoms with Crippen LogP contribution in [0.25, 0.3) is 0 Å². The van der Waals surface area contributed by atoms with E-state index in [1.54, 1.807) is 60.7 Å². The molecule has 0 saturated carbocycles. The molecule has 0 fully saturated rings. The second kappa shape index (κ2) is 12.2. The average molecular weight is 424 g/mol. The first-order chi connectivity index (χ1) is 15.0. The van der Waals surface area contributed by atoms with Crippen LogP contribution in [0.3, 0.4) is 0 Å². The van der Waals surface area contributed by atoms with Crippen LogP contribution in [0.15, 0.2) is 86.0 Å². The lowest BCUT2D eigenvalue weighted by atomic mass is 9.95. The third kappa shape index (κ3) is 6.74. The van der Waals surface area contributed by atoms with Crippen LogP contribution >= 0.6 is 0 Å². The van der Waals surface area contributed by atoms with E-state index >= 15 is 0 Å². The number of carbonyl (C=O) groups excluding carboxylic acids is 3. The van der Waals surface area contributed by atoms with E-state index in [9.17, 15) is 14.4 Å². The van der Waals surface area contributed by atoms with Gasteiger partial charge >= 0.3 is 11.9 Å². The van der Waals surface area contributed by atoms with Crippen molar-refractivity contribution in [2.24, 2.45) is 0 Å². The first-order valence-corrected chi connectivity index (χ1v) is 9.55. The molecule has 0 amide bonds. The quantitative estimate of drug-likeness (QED) is 0.160. The zero-order valence-corrected chi connectivity index (χ0v) is 17.0. The van der Waals surface area contributed by atoms with Gasteiger partial charge in [0, 0.05) is 23.3 Å². The maximum atomic E-state index is 13.5. The Labute approximate surface area is 180 Å². The van der Waals surface area contributed by atoms with Gasteiger partial charge < -0.3 is 18.9 Å². The zero-order valence-electron chi connectivity index (χ0n) is 17.0. The zero-order chi connectivity index (χ0) is 22.5. The number of Topliss-reactive ketones (excluding diaryl/α,β-unsaturated/α-hetero) is 1. The summed E-state index contributed by atoms with van der Waals surface area (Å²) in [5, 5.41) is 0. The molecule has 162 valence electrons. The molecule has 0 aliphatic heterocycles. The van der Waals surface area contributed by atoms with Gasteiger partial charge in [0.1, 0.15) is 13.2 Å². The van der Waals surface area contributed by atoms with Crippen LogP contribution in [0, 0.1) is 0 Å². The smallest absolute Gasteiger partial charge is 0.330 e. The Kier molecular flexibility index (Phi) is 9.35. The van der Waals surface area contributed by atoms with Crippen LogP contribution in [0.4, 0.5) is 0 Å². The first kappa shape index (κ1) is 23.7. The fourth-order valence-electron chi connectivity index (χ4n) is 2.68. The lowest BCUT2D eigenvalue weighted by Gasteiger charge is -2.33. The monoisotopic (exact) mass is 424 g/mol. The van der Waals surface area contributed by atoms with Crippen LogP contribution in [0.5, 0.6) is 0 Å². The van der Waals surface area contributed by atoms with Crippen molar-refractivity contribution in [2.45, 2.75) is 5.79 Å². The molecule has 31 heavy (non-hydrogen) atoms. The molecule has 0 saturated heterocycles. The summed E-state index contributed by atoms with van der Waals surface area (Å²) in [5.74, 6) is -3.52. The van der Waals surface area contributed by atoms with Crippen molar-refractivity contribution in [2.75, 3.05) is 26.4 Å². The van der Waals surface area contributed by atoms with Gasteiger partial charge in [-0.3, -0.25) is 4.79 Å². The Morgan fingerprint density at radius 2 is 1.16 bits per heavy atom. The topological polar surface area (TPSA) is 88.1 Å². The summed E-state index contributed by atoms with van der Waals surface area (Å²) in [5.41, 5.74) is 0.798. The summed E-state index contributed by atoms with van der Waals surface area (Å²) in [6.45, 7) is 6.18. The van der Waals surface area contributed by atoms with E-state index < -0.39 is 23.5 Å². The number of esters is 2. The fourth-order valence-corrected chi connectivity index (χ4v) is 2.68. The highest BCUT2D eigenvalue weighted by molar-refractivity contribution is 6.02. The molecule has 0 N–H and O–H groups in total. The van der Waals surface area contributed by atoms with E-state index in [1.807, 2.05) is 0 Å². The van der Waals surface area contributed by atoms with E-state index in [4.69, 9.17) is 18.9 Å². The fraction of sp³-hybridized carbons (Fsp3) is 0.208. The first-order valence-electron chi connectivity index (χ1n) is 9.55. The molecule has 2 aromatic rings. The molecule has 0 aliphatic rings. The molecule has 0 heterocycles. The van der Waals surface area contributed by atoms with Crippen LogP contribution in [-0.4, -0.2) is 44.1 Å². The average Bonchev–Trinajstić information content (AvgIpc) is 2.83. The van der Waals surface area contributed by atoms with Crippen LogP contribution < -0.4 is 0 Å². The van der Waals surface area contributed by atoms with E-state index in [1.165, 1.54) is 0 Å². The van der Waals surface area contributed by atoms with Crippen LogP contribution in [-0.2, 0) is 34.3 Å². The molecule has 0 aromatic heterocycles. The van der Waals surface area contributed by atoms with Crippen molar-refractivity contribution in [1.29, 1.82) is 0 Å². The van der Waals surface area contributed by atoms with Crippen molar-refractivity contribution in [3.63, 3.8) is 0 Å². The molecule has 0 unspecified atom stereocenters. The third-order valence-corrected chi connectivity index (χ3v) is 4.09. The molecule has 2 aromatic carbocycles. The number of rotatable bonds is 13. The van der Waals surface area contributed by atoms with Gasteiger partial charge in [-0.25, -0.2) is 9.59 Å². The van der Waals surface area contributed by atoms with Crippen LogP contribution in [0.2, 0.25) is 0 Å². The predicted octanol–water partition coefficient (Wildman–Crippen LogP) is 3.21. The molecule has 0 spiro atoms. The number of ketones is 1. The summed E-state index contributed by atoms with van der Waals surface area (Å²) in [6.07, 6.45) is 2.06. The summed E-state index contributed by atoms with van der Waals surface area (Å²) < 4.78 is 21.7. The molecule has 0 aliphatic carbocycles. The summed E-state index contributed by atoms with van der Waals surface area (Å²) in [6, 6.07) is 17.2. The van der Waals surface area contributed by atoms with E-state index in [2.05, 4.69) is 13.2 Å². The van der Waals surface area contributed by atoms with E-state index in [0.717, 1.165) is 12.2 Å². The van der Waals surface area contributed by atoms with Crippen molar-refractivity contribution in [3.05, 3.63) is 97.1 Å². The van der Waals surface area contributed by atoms with Gasteiger partial charge in [-0.1, -0.05) is 73.8 Å². The summed E-state index contributed by atoms with van der Waals surface area (Å²) in [4.78, 5) is 36.2. The Bertz CT molecular complexity index is 863. The standard InChI is InChI=1S/C24H24O7/c1-3-21(25)28-15-17-30-24(20-13-9-6-10-14-20,31-18-16-29-22(26)4-2)23(27)19-11-7-5-8-12-19/h3-14H,1-2,15-18H2. The minimum absolute atomic E-state index is 0.115. The summed E-state index contributed by atoms with van der Waals surface area (Å²) in [7, 11) is 0. The van der Waals surface area contributed by atoms with Crippen molar-refractivity contribution in [1.82, 2.24) is 0 Å². The molecule has 0 radical (unpaired) electrons. The Balaban J connectivity index is 2.32. The molecule has 0 bridgehead atoms. The van der Waals surface area contributed by atoms with Gasteiger partial charge in [-0.2, -0.15) is 0 Å². The van der Waals surface area contributed by atoms with Crippen molar-refractivity contribution in [3.8, 4) is 0 Å². The number of ether oxygens (including phenoxy) is 4.